The van der Waals surface area contributed by atoms with Crippen LogP contribution in [0.1, 0.15) is 164 Å². The van der Waals surface area contributed by atoms with E-state index < -0.39 is 5.97 Å². The Bertz CT molecular complexity index is 649. The summed E-state index contributed by atoms with van der Waals surface area (Å²) in [6.07, 6.45) is 25.0. The zero-order valence-corrected chi connectivity index (χ0v) is 23.2. The number of aryl methyl sites for hydroxylation is 1. The van der Waals surface area contributed by atoms with Crippen LogP contribution in [0, 0.1) is 5.92 Å². The van der Waals surface area contributed by atoms with Crippen LogP contribution in [0.5, 0.6) is 0 Å². The number of benzene rings is 1. The lowest BCUT2D eigenvalue weighted by Crippen LogP contribution is -2.12. The maximum atomic E-state index is 12.1. The van der Waals surface area contributed by atoms with Gasteiger partial charge < -0.3 is 5.11 Å². The Labute approximate surface area is 212 Å². The van der Waals surface area contributed by atoms with Crippen LogP contribution >= 0.6 is 0 Å². The van der Waals surface area contributed by atoms with Gasteiger partial charge in [0.2, 0.25) is 0 Å². The fraction of sp³-hybridized carbons (Fsp3) is 0.781. The van der Waals surface area contributed by atoms with E-state index in [9.17, 15) is 9.90 Å². The Balaban J connectivity index is 2.92. The Morgan fingerprint density at radius 2 is 1.18 bits per heavy atom. The lowest BCUT2D eigenvalue weighted by Gasteiger charge is -2.21. The highest BCUT2D eigenvalue weighted by molar-refractivity contribution is 5.90. The molecular formula is C32H56O2. The minimum atomic E-state index is -0.749. The summed E-state index contributed by atoms with van der Waals surface area (Å²) < 4.78 is 0. The van der Waals surface area contributed by atoms with Crippen molar-refractivity contribution in [2.75, 3.05) is 0 Å². The molecular weight excluding hydrogens is 416 g/mol. The highest BCUT2D eigenvalue weighted by Crippen LogP contribution is 2.28. The molecule has 1 aromatic rings. The number of aromatic carboxylic acids is 1. The summed E-state index contributed by atoms with van der Waals surface area (Å²) in [4.78, 5) is 12.1. The molecule has 0 amide bonds. The van der Waals surface area contributed by atoms with Crippen LogP contribution in [0.15, 0.2) is 12.1 Å². The molecule has 0 radical (unpaired) electrons. The van der Waals surface area contributed by atoms with Gasteiger partial charge in [-0.1, -0.05) is 130 Å². The number of carboxylic acid groups (broad SMARTS) is 1. The van der Waals surface area contributed by atoms with Crippen molar-refractivity contribution in [3.63, 3.8) is 0 Å². The van der Waals surface area contributed by atoms with Gasteiger partial charge in [0.1, 0.15) is 0 Å². The van der Waals surface area contributed by atoms with Gasteiger partial charge in [-0.3, -0.25) is 0 Å². The van der Waals surface area contributed by atoms with Crippen molar-refractivity contribution >= 4 is 5.97 Å². The molecule has 1 atom stereocenters. The van der Waals surface area contributed by atoms with Crippen LogP contribution in [-0.4, -0.2) is 11.1 Å². The van der Waals surface area contributed by atoms with Crippen molar-refractivity contribution in [3.8, 4) is 0 Å². The molecule has 1 unspecified atom stereocenters. The number of unbranched alkanes of at least 4 members (excludes halogenated alkanes) is 13. The molecule has 0 saturated carbocycles. The van der Waals surface area contributed by atoms with E-state index in [0.29, 0.717) is 11.5 Å². The normalized spacial score (nSPS) is 12.2. The van der Waals surface area contributed by atoms with E-state index in [1.54, 1.807) is 0 Å². The van der Waals surface area contributed by atoms with Gasteiger partial charge in [0.05, 0.1) is 5.56 Å². The fourth-order valence-corrected chi connectivity index (χ4v) is 5.26. The molecule has 0 bridgehead atoms. The second-order valence-electron chi connectivity index (χ2n) is 10.7. The number of hydrogen-bond acceptors (Lipinski definition) is 1. The van der Waals surface area contributed by atoms with Gasteiger partial charge in [0, 0.05) is 0 Å². The SMILES string of the molecule is CCCCCCCCc1ccc(C(=O)O)c(CCCCCC)c1CC(C)CCCCCCCC. The highest BCUT2D eigenvalue weighted by Gasteiger charge is 2.19. The molecule has 0 aliphatic rings. The quantitative estimate of drug-likeness (QED) is 0.170. The van der Waals surface area contributed by atoms with Gasteiger partial charge in [0.15, 0.2) is 0 Å². The molecule has 2 heteroatoms. The van der Waals surface area contributed by atoms with E-state index in [-0.39, 0.29) is 0 Å². The van der Waals surface area contributed by atoms with Gasteiger partial charge in [-0.25, -0.2) is 4.79 Å². The highest BCUT2D eigenvalue weighted by atomic mass is 16.4. The first-order valence-corrected chi connectivity index (χ1v) is 14.9. The van der Waals surface area contributed by atoms with E-state index in [2.05, 4.69) is 33.8 Å². The molecule has 0 aliphatic heterocycles. The Hall–Kier alpha value is -1.31. The van der Waals surface area contributed by atoms with Gasteiger partial charge >= 0.3 is 5.97 Å². The summed E-state index contributed by atoms with van der Waals surface area (Å²) >= 11 is 0. The average Bonchev–Trinajstić information content (AvgIpc) is 2.82. The largest absolute Gasteiger partial charge is 0.478 e. The summed E-state index contributed by atoms with van der Waals surface area (Å²) in [5.74, 6) is -0.130. The van der Waals surface area contributed by atoms with Crippen LogP contribution in [0.2, 0.25) is 0 Å². The first kappa shape index (κ1) is 30.7. The molecule has 2 nitrogen and oxygen atoms in total. The number of carbonyl (C=O) groups is 1. The van der Waals surface area contributed by atoms with E-state index in [4.69, 9.17) is 0 Å². The summed E-state index contributed by atoms with van der Waals surface area (Å²) in [5.41, 5.74) is 4.54. The molecule has 1 aromatic carbocycles. The second-order valence-corrected chi connectivity index (χ2v) is 10.7. The van der Waals surface area contributed by atoms with Crippen molar-refractivity contribution in [1.82, 2.24) is 0 Å². The number of carboxylic acids is 1. The standard InChI is InChI=1S/C32H56O2/c1-5-8-11-14-16-18-21-27(4)26-31-28(22-19-17-15-12-9-6-2)24-25-30(32(33)34)29(31)23-20-13-10-7-3/h24-25,27H,5-23,26H2,1-4H3,(H,33,34). The third kappa shape index (κ3) is 13.0. The van der Waals surface area contributed by atoms with Crippen molar-refractivity contribution in [2.24, 2.45) is 5.92 Å². The predicted molar refractivity (Wildman–Crippen MR) is 149 cm³/mol. The molecule has 0 aliphatic carbocycles. The van der Waals surface area contributed by atoms with Crippen LogP contribution in [-0.2, 0) is 19.3 Å². The van der Waals surface area contributed by atoms with Crippen molar-refractivity contribution in [1.29, 1.82) is 0 Å². The summed E-state index contributed by atoms with van der Waals surface area (Å²) in [5, 5.41) is 9.96. The van der Waals surface area contributed by atoms with E-state index >= 15 is 0 Å². The summed E-state index contributed by atoms with van der Waals surface area (Å²) in [6.45, 7) is 9.16. The molecule has 1 N–H and O–H groups in total. The zero-order valence-electron chi connectivity index (χ0n) is 23.2. The molecule has 34 heavy (non-hydrogen) atoms. The molecule has 0 saturated heterocycles. The number of hydrogen-bond donors (Lipinski definition) is 1. The van der Waals surface area contributed by atoms with E-state index in [1.807, 2.05) is 6.07 Å². The Kier molecular flexibility index (Phi) is 18.0. The first-order chi connectivity index (χ1) is 16.5. The number of rotatable bonds is 22. The van der Waals surface area contributed by atoms with Crippen LogP contribution < -0.4 is 0 Å². The van der Waals surface area contributed by atoms with Crippen molar-refractivity contribution < 1.29 is 9.90 Å². The molecule has 0 heterocycles. The molecule has 1 rings (SSSR count). The predicted octanol–water partition coefficient (Wildman–Crippen LogP) is 10.3. The minimum Gasteiger partial charge on any atom is -0.478 e. The molecule has 0 fully saturated rings. The van der Waals surface area contributed by atoms with Crippen LogP contribution in [0.25, 0.3) is 0 Å². The van der Waals surface area contributed by atoms with Gasteiger partial charge in [-0.05, 0) is 60.8 Å². The fourth-order valence-electron chi connectivity index (χ4n) is 5.26. The molecule has 0 aromatic heterocycles. The molecule has 196 valence electrons. The van der Waals surface area contributed by atoms with Crippen LogP contribution in [0.4, 0.5) is 0 Å². The topological polar surface area (TPSA) is 37.3 Å². The van der Waals surface area contributed by atoms with E-state index in [1.165, 1.54) is 114 Å². The second kappa shape index (κ2) is 19.9. The summed E-state index contributed by atoms with van der Waals surface area (Å²) in [6, 6.07) is 4.06. The Morgan fingerprint density at radius 3 is 1.76 bits per heavy atom. The van der Waals surface area contributed by atoms with Crippen molar-refractivity contribution in [3.05, 3.63) is 34.4 Å². The van der Waals surface area contributed by atoms with Gasteiger partial charge in [0.25, 0.3) is 0 Å². The van der Waals surface area contributed by atoms with Crippen LogP contribution in [0.3, 0.4) is 0 Å². The third-order valence-corrected chi connectivity index (χ3v) is 7.44. The average molecular weight is 473 g/mol. The van der Waals surface area contributed by atoms with Gasteiger partial charge in [-0.2, -0.15) is 0 Å². The monoisotopic (exact) mass is 472 g/mol. The lowest BCUT2D eigenvalue weighted by molar-refractivity contribution is 0.0695. The van der Waals surface area contributed by atoms with Gasteiger partial charge in [-0.15, -0.1) is 0 Å². The maximum Gasteiger partial charge on any atom is 0.335 e. The third-order valence-electron chi connectivity index (χ3n) is 7.44. The summed E-state index contributed by atoms with van der Waals surface area (Å²) in [7, 11) is 0. The molecule has 0 spiro atoms. The smallest absolute Gasteiger partial charge is 0.335 e. The zero-order chi connectivity index (χ0) is 25.0. The first-order valence-electron chi connectivity index (χ1n) is 14.9. The van der Waals surface area contributed by atoms with E-state index in [0.717, 1.165) is 31.2 Å². The maximum absolute atomic E-state index is 12.1. The Morgan fingerprint density at radius 1 is 0.676 bits per heavy atom. The lowest BCUT2D eigenvalue weighted by atomic mass is 9.84. The minimum absolute atomic E-state index is 0.560. The van der Waals surface area contributed by atoms with Crippen molar-refractivity contribution in [2.45, 2.75) is 156 Å².